The molecule has 1 aromatic carbocycles. The number of para-hydroxylation sites is 1. The summed E-state index contributed by atoms with van der Waals surface area (Å²) in [5.41, 5.74) is 1.32. The molecule has 1 N–H and O–H groups in total. The summed E-state index contributed by atoms with van der Waals surface area (Å²) in [5.74, 6) is 0. The minimum atomic E-state index is -0.634. The quantitative estimate of drug-likeness (QED) is 0.936. The fourth-order valence-corrected chi connectivity index (χ4v) is 3.03. The molecule has 1 aromatic heterocycles. The van der Waals surface area contributed by atoms with Gasteiger partial charge in [-0.25, -0.2) is 4.68 Å². The summed E-state index contributed by atoms with van der Waals surface area (Å²) in [6.45, 7) is 6.25. The molecule has 1 aliphatic rings. The van der Waals surface area contributed by atoms with Crippen molar-refractivity contribution in [2.24, 2.45) is 0 Å². The van der Waals surface area contributed by atoms with E-state index in [-0.39, 0.29) is 5.54 Å². The Balaban J connectivity index is 1.92. The number of aliphatic hydroxyl groups is 1. The summed E-state index contributed by atoms with van der Waals surface area (Å²) in [6.07, 6.45) is 3.43. The van der Waals surface area contributed by atoms with Crippen LogP contribution in [-0.4, -0.2) is 43.6 Å². The SMILES string of the molecule is CC(C)(C(O)c1cnnn1-c1ccccc1)N1CCCC1. The van der Waals surface area contributed by atoms with E-state index in [9.17, 15) is 5.11 Å². The summed E-state index contributed by atoms with van der Waals surface area (Å²) in [6, 6.07) is 9.81. The van der Waals surface area contributed by atoms with E-state index >= 15 is 0 Å². The fourth-order valence-electron chi connectivity index (χ4n) is 3.03. The van der Waals surface area contributed by atoms with E-state index in [0.29, 0.717) is 0 Å². The molecule has 2 heterocycles. The molecule has 0 bridgehead atoms. The van der Waals surface area contributed by atoms with Gasteiger partial charge in [0.1, 0.15) is 6.10 Å². The molecule has 5 heteroatoms. The normalized spacial score (nSPS) is 18.0. The van der Waals surface area contributed by atoms with Crippen molar-refractivity contribution in [1.29, 1.82) is 0 Å². The van der Waals surface area contributed by atoms with Gasteiger partial charge in [0.25, 0.3) is 0 Å². The number of rotatable bonds is 4. The second-order valence-corrected chi connectivity index (χ2v) is 6.16. The Morgan fingerprint density at radius 2 is 1.81 bits per heavy atom. The van der Waals surface area contributed by atoms with Gasteiger partial charge in [-0.1, -0.05) is 23.4 Å². The topological polar surface area (TPSA) is 54.2 Å². The number of hydrogen-bond donors (Lipinski definition) is 1. The predicted octanol–water partition coefficient (Wildman–Crippen LogP) is 2.18. The molecule has 5 nitrogen and oxygen atoms in total. The van der Waals surface area contributed by atoms with Crippen LogP contribution in [0.3, 0.4) is 0 Å². The summed E-state index contributed by atoms with van der Waals surface area (Å²) < 4.78 is 1.72. The number of aromatic nitrogens is 3. The highest BCUT2D eigenvalue weighted by atomic mass is 16.3. The molecule has 3 rings (SSSR count). The highest BCUT2D eigenvalue weighted by molar-refractivity contribution is 5.32. The van der Waals surface area contributed by atoms with Crippen LogP contribution in [0.2, 0.25) is 0 Å². The number of likely N-dealkylation sites (tertiary alicyclic amines) is 1. The van der Waals surface area contributed by atoms with Crippen molar-refractivity contribution < 1.29 is 5.11 Å². The van der Waals surface area contributed by atoms with E-state index in [1.54, 1.807) is 10.9 Å². The molecule has 1 fully saturated rings. The molecule has 0 aliphatic carbocycles. The smallest absolute Gasteiger partial charge is 0.115 e. The minimum absolute atomic E-state index is 0.329. The third-order valence-electron chi connectivity index (χ3n) is 4.45. The van der Waals surface area contributed by atoms with E-state index in [1.165, 1.54) is 12.8 Å². The Bertz CT molecular complexity index is 587. The maximum atomic E-state index is 10.9. The molecular formula is C16H22N4O. The highest BCUT2D eigenvalue weighted by Gasteiger charge is 2.38. The second kappa shape index (κ2) is 5.58. The first-order chi connectivity index (χ1) is 10.1. The molecule has 0 radical (unpaired) electrons. The lowest BCUT2D eigenvalue weighted by molar-refractivity contribution is -0.00253. The van der Waals surface area contributed by atoms with E-state index in [1.807, 2.05) is 30.3 Å². The molecule has 21 heavy (non-hydrogen) atoms. The zero-order valence-electron chi connectivity index (χ0n) is 12.6. The Hall–Kier alpha value is -1.72. The fraction of sp³-hybridized carbons (Fsp3) is 0.500. The number of aliphatic hydroxyl groups excluding tert-OH is 1. The maximum Gasteiger partial charge on any atom is 0.115 e. The largest absolute Gasteiger partial charge is 0.385 e. The van der Waals surface area contributed by atoms with Crippen molar-refractivity contribution in [2.45, 2.75) is 38.3 Å². The highest BCUT2D eigenvalue weighted by Crippen LogP contribution is 2.33. The Morgan fingerprint density at radius 1 is 1.14 bits per heavy atom. The molecule has 0 amide bonds. The Labute approximate surface area is 125 Å². The molecule has 2 aromatic rings. The zero-order chi connectivity index (χ0) is 14.9. The van der Waals surface area contributed by atoms with Crippen molar-refractivity contribution >= 4 is 0 Å². The first kappa shape index (κ1) is 14.2. The molecule has 1 unspecified atom stereocenters. The number of nitrogens with zero attached hydrogens (tertiary/aromatic N) is 4. The van der Waals surface area contributed by atoms with Crippen LogP contribution in [-0.2, 0) is 0 Å². The molecular weight excluding hydrogens is 264 g/mol. The molecule has 0 spiro atoms. The van der Waals surface area contributed by atoms with Gasteiger partial charge < -0.3 is 5.11 Å². The van der Waals surface area contributed by atoms with E-state index in [0.717, 1.165) is 24.5 Å². The predicted molar refractivity (Wildman–Crippen MR) is 81.2 cm³/mol. The lowest BCUT2D eigenvalue weighted by Gasteiger charge is -2.39. The minimum Gasteiger partial charge on any atom is -0.385 e. The average molecular weight is 286 g/mol. The maximum absolute atomic E-state index is 10.9. The van der Waals surface area contributed by atoms with Crippen molar-refractivity contribution in [3.05, 3.63) is 42.2 Å². The first-order valence-corrected chi connectivity index (χ1v) is 7.50. The molecule has 112 valence electrons. The second-order valence-electron chi connectivity index (χ2n) is 6.16. The molecule has 1 atom stereocenters. The van der Waals surface area contributed by atoms with Crippen LogP contribution in [0.5, 0.6) is 0 Å². The van der Waals surface area contributed by atoms with Crippen molar-refractivity contribution in [2.75, 3.05) is 13.1 Å². The molecule has 1 aliphatic heterocycles. The van der Waals surface area contributed by atoms with Crippen LogP contribution < -0.4 is 0 Å². The van der Waals surface area contributed by atoms with E-state index in [2.05, 4.69) is 29.1 Å². The number of hydrogen-bond acceptors (Lipinski definition) is 4. The third-order valence-corrected chi connectivity index (χ3v) is 4.45. The van der Waals surface area contributed by atoms with Crippen molar-refractivity contribution in [3.8, 4) is 5.69 Å². The molecule has 0 saturated carbocycles. The monoisotopic (exact) mass is 286 g/mol. The van der Waals surface area contributed by atoms with Crippen LogP contribution in [0.4, 0.5) is 0 Å². The average Bonchev–Trinajstić information content (AvgIpc) is 3.18. The van der Waals surface area contributed by atoms with Gasteiger partial charge >= 0.3 is 0 Å². The van der Waals surface area contributed by atoms with Crippen molar-refractivity contribution in [1.82, 2.24) is 19.9 Å². The van der Waals surface area contributed by atoms with Gasteiger partial charge in [-0.15, -0.1) is 5.10 Å². The Morgan fingerprint density at radius 3 is 2.48 bits per heavy atom. The van der Waals surface area contributed by atoms with Gasteiger partial charge in [0.05, 0.1) is 17.6 Å². The summed E-state index contributed by atoms with van der Waals surface area (Å²) in [5, 5.41) is 19.0. The van der Waals surface area contributed by atoms with Crippen LogP contribution in [0, 0.1) is 0 Å². The van der Waals surface area contributed by atoms with Crippen LogP contribution in [0.1, 0.15) is 38.5 Å². The van der Waals surface area contributed by atoms with Crippen molar-refractivity contribution in [3.63, 3.8) is 0 Å². The van der Waals surface area contributed by atoms with Gasteiger partial charge in [-0.3, -0.25) is 4.90 Å². The summed E-state index contributed by atoms with van der Waals surface area (Å²) >= 11 is 0. The van der Waals surface area contributed by atoms with Crippen LogP contribution in [0.15, 0.2) is 36.5 Å². The molecule has 1 saturated heterocycles. The van der Waals surface area contributed by atoms with Gasteiger partial charge in [-0.2, -0.15) is 0 Å². The van der Waals surface area contributed by atoms with Gasteiger partial charge in [-0.05, 0) is 51.9 Å². The van der Waals surface area contributed by atoms with Gasteiger partial charge in [0, 0.05) is 5.54 Å². The zero-order valence-corrected chi connectivity index (χ0v) is 12.6. The van der Waals surface area contributed by atoms with Crippen LogP contribution in [0.25, 0.3) is 5.69 Å². The Kier molecular flexibility index (Phi) is 3.78. The summed E-state index contributed by atoms with van der Waals surface area (Å²) in [7, 11) is 0. The van der Waals surface area contributed by atoms with E-state index < -0.39 is 6.10 Å². The van der Waals surface area contributed by atoms with Crippen LogP contribution >= 0.6 is 0 Å². The third kappa shape index (κ3) is 2.59. The van der Waals surface area contributed by atoms with Gasteiger partial charge in [0.15, 0.2) is 0 Å². The summed E-state index contributed by atoms with van der Waals surface area (Å²) in [4.78, 5) is 2.35. The number of benzene rings is 1. The van der Waals surface area contributed by atoms with Gasteiger partial charge in [0.2, 0.25) is 0 Å². The lowest BCUT2D eigenvalue weighted by Crippen LogP contribution is -2.47. The first-order valence-electron chi connectivity index (χ1n) is 7.50. The van der Waals surface area contributed by atoms with E-state index in [4.69, 9.17) is 0 Å². The standard InChI is InChI=1S/C16H22N4O/c1-16(2,19-10-6-7-11-19)15(21)14-12-17-18-20(14)13-8-4-3-5-9-13/h3-5,8-9,12,15,21H,6-7,10-11H2,1-2H3. The lowest BCUT2D eigenvalue weighted by atomic mass is 9.93.